The Kier molecular flexibility index (Phi) is 7.19. The third kappa shape index (κ3) is 4.45. The minimum absolute atomic E-state index is 0.312. The number of benzene rings is 2. The van der Waals surface area contributed by atoms with Crippen LogP contribution >= 0.6 is 0 Å². The zero-order chi connectivity index (χ0) is 27.7. The van der Waals surface area contributed by atoms with Crippen molar-refractivity contribution in [2.45, 2.75) is 31.8 Å². The Morgan fingerprint density at radius 3 is 2.31 bits per heavy atom. The van der Waals surface area contributed by atoms with Crippen LogP contribution in [0.5, 0.6) is 11.5 Å². The molecule has 0 radical (unpaired) electrons. The molecule has 0 unspecified atom stereocenters. The van der Waals surface area contributed by atoms with Gasteiger partial charge in [-0.25, -0.2) is 9.69 Å². The summed E-state index contributed by atoms with van der Waals surface area (Å²) in [5.74, 6) is -2.61. The zero-order valence-corrected chi connectivity index (χ0v) is 21.9. The largest absolute Gasteiger partial charge is 0.493 e. The van der Waals surface area contributed by atoms with Gasteiger partial charge in [-0.15, -0.1) is 0 Å². The van der Waals surface area contributed by atoms with Crippen LogP contribution in [0.1, 0.15) is 40.5 Å². The van der Waals surface area contributed by atoms with Gasteiger partial charge >= 0.3 is 5.97 Å². The highest BCUT2D eigenvalue weighted by Crippen LogP contribution is 2.46. The number of carbonyl (C=O) groups is 4. The fourth-order valence-electron chi connectivity index (χ4n) is 5.39. The normalized spacial score (nSPS) is 23.1. The highest BCUT2D eigenvalue weighted by Gasteiger charge is 2.64. The molecule has 2 aromatic rings. The average molecular weight is 532 g/mol. The molecule has 10 heteroatoms. The number of ketones is 1. The first-order valence-corrected chi connectivity index (χ1v) is 12.8. The number of Topliss-reactive ketones (excluding diaryl/α,β-unsaturated/α-hetero) is 1. The number of esters is 1. The molecule has 2 aromatic carbocycles. The topological polar surface area (TPSA) is 115 Å². The van der Waals surface area contributed by atoms with E-state index in [9.17, 15) is 19.2 Å². The zero-order valence-electron chi connectivity index (χ0n) is 21.9. The third-order valence-electron chi connectivity index (χ3n) is 7.32. The van der Waals surface area contributed by atoms with Crippen LogP contribution in [-0.2, 0) is 14.3 Å². The Morgan fingerprint density at radius 2 is 1.62 bits per heavy atom. The fraction of sp³-hybridized carbons (Fsp3) is 0.345. The van der Waals surface area contributed by atoms with Crippen LogP contribution in [0.15, 0.2) is 59.7 Å². The van der Waals surface area contributed by atoms with E-state index in [1.807, 2.05) is 6.92 Å². The minimum Gasteiger partial charge on any atom is -0.493 e. The molecule has 0 bridgehead atoms. The van der Waals surface area contributed by atoms with Crippen LogP contribution in [0.4, 0.5) is 5.69 Å². The lowest BCUT2D eigenvalue weighted by atomic mass is 9.86. The van der Waals surface area contributed by atoms with Crippen molar-refractivity contribution in [1.29, 1.82) is 0 Å². The number of allylic oxidation sites excluding steroid dienone is 1. The summed E-state index contributed by atoms with van der Waals surface area (Å²) in [4.78, 5) is 54.8. The van der Waals surface area contributed by atoms with Gasteiger partial charge in [0.1, 0.15) is 6.04 Å². The molecule has 3 aliphatic rings. The lowest BCUT2D eigenvalue weighted by Gasteiger charge is -2.30. The van der Waals surface area contributed by atoms with Crippen LogP contribution in [0, 0.1) is 11.8 Å². The van der Waals surface area contributed by atoms with Gasteiger partial charge in [-0.1, -0.05) is 19.4 Å². The Hall–Kier alpha value is -4.47. The molecule has 2 saturated heterocycles. The molecule has 0 aromatic heterocycles. The second-order valence-electron chi connectivity index (χ2n) is 9.50. The van der Waals surface area contributed by atoms with E-state index < -0.39 is 41.7 Å². The van der Waals surface area contributed by atoms with Crippen molar-refractivity contribution in [3.05, 3.63) is 65.7 Å². The third-order valence-corrected chi connectivity index (χ3v) is 7.32. The maximum atomic E-state index is 13.9. The Balaban J connectivity index is 1.45. The summed E-state index contributed by atoms with van der Waals surface area (Å²) in [6, 6.07) is 9.39. The van der Waals surface area contributed by atoms with Gasteiger partial charge in [0.05, 0.1) is 50.0 Å². The lowest BCUT2D eigenvalue weighted by Crippen LogP contribution is -2.46. The smallest absolute Gasteiger partial charge is 0.338 e. The molecule has 0 aliphatic carbocycles. The van der Waals surface area contributed by atoms with Gasteiger partial charge in [-0.2, -0.15) is 5.10 Å². The van der Waals surface area contributed by atoms with Crippen molar-refractivity contribution in [2.24, 2.45) is 16.9 Å². The van der Waals surface area contributed by atoms with E-state index in [0.717, 1.165) is 17.7 Å². The summed E-state index contributed by atoms with van der Waals surface area (Å²) < 4.78 is 15.9. The van der Waals surface area contributed by atoms with E-state index in [2.05, 4.69) is 5.10 Å². The number of anilines is 1. The molecule has 2 fully saturated rings. The number of rotatable bonds is 9. The second-order valence-corrected chi connectivity index (χ2v) is 9.50. The second kappa shape index (κ2) is 10.7. The summed E-state index contributed by atoms with van der Waals surface area (Å²) in [5, 5.41) is 5.93. The first-order valence-electron chi connectivity index (χ1n) is 12.8. The maximum Gasteiger partial charge on any atom is 0.338 e. The quantitative estimate of drug-likeness (QED) is 0.210. The van der Waals surface area contributed by atoms with E-state index in [1.54, 1.807) is 47.5 Å². The number of methoxy groups -OCH3 is 2. The Morgan fingerprint density at radius 1 is 0.923 bits per heavy atom. The first kappa shape index (κ1) is 26.1. The Labute approximate surface area is 225 Å². The van der Waals surface area contributed by atoms with E-state index in [-0.39, 0.29) is 5.78 Å². The average Bonchev–Trinajstić information content (AvgIpc) is 3.44. The predicted octanol–water partition coefficient (Wildman–Crippen LogP) is 3.26. The summed E-state index contributed by atoms with van der Waals surface area (Å²) >= 11 is 0. The van der Waals surface area contributed by atoms with Crippen LogP contribution in [0.25, 0.3) is 0 Å². The molecule has 2 amide bonds. The number of nitrogens with zero attached hydrogens (tertiary/aromatic N) is 3. The van der Waals surface area contributed by atoms with E-state index in [4.69, 9.17) is 14.2 Å². The molecular weight excluding hydrogens is 502 g/mol. The van der Waals surface area contributed by atoms with E-state index in [0.29, 0.717) is 34.9 Å². The molecule has 3 aliphatic heterocycles. The molecule has 0 N–H and O–H groups in total. The SMILES string of the molecule is CCCCOC(=O)c1ccc(N2C(=O)[C@@H]3[C@H](C2=O)[C@H](C(=O)c2ccc(OC)c(OC)c2)N2N=CC=C[C@@H]32)cc1. The molecule has 39 heavy (non-hydrogen) atoms. The lowest BCUT2D eigenvalue weighted by molar-refractivity contribution is -0.123. The van der Waals surface area contributed by atoms with Gasteiger partial charge < -0.3 is 14.2 Å². The van der Waals surface area contributed by atoms with Gasteiger partial charge in [0.2, 0.25) is 11.8 Å². The van der Waals surface area contributed by atoms with Crippen molar-refractivity contribution < 1.29 is 33.4 Å². The van der Waals surface area contributed by atoms with Crippen LogP contribution in [0.2, 0.25) is 0 Å². The monoisotopic (exact) mass is 531 g/mol. The van der Waals surface area contributed by atoms with Crippen molar-refractivity contribution >= 4 is 35.5 Å². The van der Waals surface area contributed by atoms with E-state index >= 15 is 0 Å². The summed E-state index contributed by atoms with van der Waals surface area (Å²) in [7, 11) is 2.97. The van der Waals surface area contributed by atoms with Crippen LogP contribution < -0.4 is 14.4 Å². The van der Waals surface area contributed by atoms with Gasteiger partial charge in [-0.05, 0) is 55.0 Å². The predicted molar refractivity (Wildman–Crippen MR) is 142 cm³/mol. The van der Waals surface area contributed by atoms with Gasteiger partial charge in [0.25, 0.3) is 0 Å². The molecule has 4 atom stereocenters. The standard InChI is InChI=1S/C29H29N3O7/c1-4-5-15-39-29(36)17-8-11-19(12-9-17)31-27(34)23-20-7-6-14-30-32(20)25(24(23)28(31)35)26(33)18-10-13-21(37-2)22(16-18)38-3/h6-14,16,20,23-25H,4-5,15H2,1-3H3/t20-,23-,24-,25+/m0/s1. The highest BCUT2D eigenvalue weighted by molar-refractivity contribution is 6.24. The number of hydrazone groups is 1. The number of imide groups is 1. The summed E-state index contributed by atoms with van der Waals surface area (Å²) in [6.07, 6.45) is 6.71. The summed E-state index contributed by atoms with van der Waals surface area (Å²) in [5.41, 5.74) is 0.967. The maximum absolute atomic E-state index is 13.9. The van der Waals surface area contributed by atoms with Crippen molar-refractivity contribution in [1.82, 2.24) is 5.01 Å². The van der Waals surface area contributed by atoms with Gasteiger partial charge in [0.15, 0.2) is 17.3 Å². The molecule has 0 spiro atoms. The molecule has 202 valence electrons. The number of ether oxygens (including phenoxy) is 3. The van der Waals surface area contributed by atoms with Gasteiger partial charge in [-0.3, -0.25) is 19.4 Å². The fourth-order valence-corrected chi connectivity index (χ4v) is 5.39. The number of hydrogen-bond donors (Lipinski definition) is 0. The number of fused-ring (bicyclic) bond motifs is 3. The highest BCUT2D eigenvalue weighted by atomic mass is 16.5. The molecule has 5 rings (SSSR count). The minimum atomic E-state index is -0.992. The molecule has 10 nitrogen and oxygen atoms in total. The summed E-state index contributed by atoms with van der Waals surface area (Å²) in [6.45, 7) is 2.33. The Bertz CT molecular complexity index is 1370. The molecule has 0 saturated carbocycles. The van der Waals surface area contributed by atoms with Crippen LogP contribution in [-0.4, -0.2) is 67.7 Å². The molecule has 3 heterocycles. The van der Waals surface area contributed by atoms with Crippen molar-refractivity contribution in [3.8, 4) is 11.5 Å². The van der Waals surface area contributed by atoms with Crippen molar-refractivity contribution in [2.75, 3.05) is 25.7 Å². The van der Waals surface area contributed by atoms with Crippen LogP contribution in [0.3, 0.4) is 0 Å². The number of hydrogen-bond acceptors (Lipinski definition) is 9. The number of carbonyl (C=O) groups excluding carboxylic acids is 4. The van der Waals surface area contributed by atoms with Gasteiger partial charge in [0, 0.05) is 11.8 Å². The molecular formula is C29H29N3O7. The number of amides is 2. The van der Waals surface area contributed by atoms with Crippen molar-refractivity contribution in [3.63, 3.8) is 0 Å². The first-order chi connectivity index (χ1) is 18.9. The number of unbranched alkanes of at least 4 members (excludes halogenated alkanes) is 1. The van der Waals surface area contributed by atoms with E-state index in [1.165, 1.54) is 32.6 Å².